The van der Waals surface area contributed by atoms with Crippen LogP contribution in [0.1, 0.15) is 50.7 Å². The first-order valence-corrected chi connectivity index (χ1v) is 9.95. The van der Waals surface area contributed by atoms with Gasteiger partial charge in [-0.3, -0.25) is 0 Å². The summed E-state index contributed by atoms with van der Waals surface area (Å²) in [5.41, 5.74) is 2.04. The zero-order valence-electron chi connectivity index (χ0n) is 16.4. The lowest BCUT2D eigenvalue weighted by molar-refractivity contribution is -0.672. The molecule has 0 radical (unpaired) electrons. The van der Waals surface area contributed by atoms with Crippen molar-refractivity contribution in [1.29, 1.82) is 0 Å². The molecular weight excluding hydrogens is 341 g/mol. The van der Waals surface area contributed by atoms with Crippen molar-refractivity contribution >= 4 is 0 Å². The van der Waals surface area contributed by atoms with Gasteiger partial charge in [0.05, 0.1) is 12.1 Å². The second-order valence-electron chi connectivity index (χ2n) is 8.03. The molecule has 3 nitrogen and oxygen atoms in total. The van der Waals surface area contributed by atoms with Gasteiger partial charge in [0.25, 0.3) is 0 Å². The summed E-state index contributed by atoms with van der Waals surface area (Å²) in [5.74, 6) is 0.164. The van der Waals surface area contributed by atoms with Crippen molar-refractivity contribution in [2.24, 2.45) is 0 Å². The molecule has 2 aromatic carbocycles. The van der Waals surface area contributed by atoms with Crippen molar-refractivity contribution in [3.8, 4) is 5.75 Å². The number of hydrogen-bond donors (Lipinski definition) is 2. The van der Waals surface area contributed by atoms with Crippen LogP contribution in [0.4, 0.5) is 4.39 Å². The zero-order valence-corrected chi connectivity index (χ0v) is 16.4. The molecule has 1 aliphatic heterocycles. The maximum absolute atomic E-state index is 13.5. The molecule has 0 saturated carbocycles. The van der Waals surface area contributed by atoms with Crippen molar-refractivity contribution in [3.63, 3.8) is 0 Å². The van der Waals surface area contributed by atoms with Crippen LogP contribution in [-0.2, 0) is 16.7 Å². The Morgan fingerprint density at radius 1 is 1.15 bits per heavy atom. The van der Waals surface area contributed by atoms with Gasteiger partial charge >= 0.3 is 0 Å². The molecule has 1 fully saturated rings. The molecule has 0 amide bonds. The molecule has 2 aromatic rings. The molecule has 3 N–H and O–H groups in total. The van der Waals surface area contributed by atoms with Gasteiger partial charge in [0.2, 0.25) is 0 Å². The van der Waals surface area contributed by atoms with Gasteiger partial charge in [-0.25, -0.2) is 4.39 Å². The highest BCUT2D eigenvalue weighted by Crippen LogP contribution is 2.45. The second-order valence-corrected chi connectivity index (χ2v) is 8.03. The molecule has 0 aliphatic carbocycles. The molecule has 146 valence electrons. The Kier molecular flexibility index (Phi) is 6.18. The summed E-state index contributed by atoms with van der Waals surface area (Å²) in [7, 11) is 0. The van der Waals surface area contributed by atoms with Crippen LogP contribution in [0.15, 0.2) is 48.5 Å². The fourth-order valence-electron chi connectivity index (χ4n) is 4.30. The lowest BCUT2D eigenvalue weighted by Gasteiger charge is -2.46. The smallest absolute Gasteiger partial charge is 0.124 e. The average Bonchev–Trinajstić information content (AvgIpc) is 2.67. The Bertz CT molecular complexity index is 748. The molecule has 0 spiro atoms. The van der Waals surface area contributed by atoms with Crippen molar-refractivity contribution < 1.29 is 19.6 Å². The first-order valence-electron chi connectivity index (χ1n) is 9.95. The summed E-state index contributed by atoms with van der Waals surface area (Å²) in [6, 6.07) is 14.5. The third-order valence-corrected chi connectivity index (χ3v) is 6.13. The Hall–Kier alpha value is -1.91. The van der Waals surface area contributed by atoms with E-state index in [9.17, 15) is 9.50 Å². The number of halogens is 1. The van der Waals surface area contributed by atoms with Gasteiger partial charge in [0, 0.05) is 24.0 Å². The van der Waals surface area contributed by atoms with Gasteiger partial charge in [-0.05, 0) is 56.0 Å². The van der Waals surface area contributed by atoms with Crippen LogP contribution in [0, 0.1) is 5.82 Å². The largest absolute Gasteiger partial charge is 0.507 e. The monoisotopic (exact) mass is 372 g/mol. The fraction of sp³-hybridized carbons (Fsp3) is 0.478. The van der Waals surface area contributed by atoms with Gasteiger partial charge in [0.15, 0.2) is 0 Å². The number of ether oxygens (including phenoxy) is 1. The summed E-state index contributed by atoms with van der Waals surface area (Å²) < 4.78 is 19.6. The number of para-hydroxylation sites is 1. The van der Waals surface area contributed by atoms with Gasteiger partial charge in [0.1, 0.15) is 18.1 Å². The number of rotatable bonds is 7. The van der Waals surface area contributed by atoms with Crippen molar-refractivity contribution in [1.82, 2.24) is 0 Å². The number of aromatic hydroxyl groups is 1. The number of hydrogen-bond acceptors (Lipinski definition) is 2. The normalized spacial score (nSPS) is 25.4. The molecule has 0 unspecified atom stereocenters. The third-order valence-electron chi connectivity index (χ3n) is 6.13. The highest BCUT2D eigenvalue weighted by Gasteiger charge is 2.43. The fourth-order valence-corrected chi connectivity index (χ4v) is 4.30. The predicted octanol–water partition coefficient (Wildman–Crippen LogP) is 3.90. The van der Waals surface area contributed by atoms with Gasteiger partial charge in [-0.2, -0.15) is 0 Å². The number of phenolic OH excluding ortho intramolecular Hbond substituents is 1. The average molecular weight is 373 g/mol. The van der Waals surface area contributed by atoms with Gasteiger partial charge < -0.3 is 15.2 Å². The van der Waals surface area contributed by atoms with Crippen LogP contribution in [0.25, 0.3) is 0 Å². The number of benzene rings is 2. The number of quaternary nitrogens is 1. The van der Waals surface area contributed by atoms with Gasteiger partial charge in [-0.1, -0.05) is 31.2 Å². The Morgan fingerprint density at radius 3 is 2.59 bits per heavy atom. The van der Waals surface area contributed by atoms with Crippen molar-refractivity contribution in [2.45, 2.75) is 57.1 Å². The van der Waals surface area contributed by atoms with Crippen LogP contribution < -0.4 is 5.32 Å². The first kappa shape index (κ1) is 19.8. The molecule has 2 atom stereocenters. The molecular formula is C23H31FNO2+. The molecule has 1 heterocycles. The van der Waals surface area contributed by atoms with Crippen molar-refractivity contribution in [2.75, 3.05) is 13.2 Å². The summed E-state index contributed by atoms with van der Waals surface area (Å²) in [5, 5.41) is 12.2. The Labute approximate surface area is 161 Å². The van der Waals surface area contributed by atoms with Crippen LogP contribution in [-0.4, -0.2) is 23.9 Å². The maximum Gasteiger partial charge on any atom is 0.124 e. The van der Waals surface area contributed by atoms with E-state index in [1.165, 1.54) is 5.56 Å². The third kappa shape index (κ3) is 4.69. The van der Waals surface area contributed by atoms with E-state index in [2.05, 4.69) is 19.2 Å². The highest BCUT2D eigenvalue weighted by atomic mass is 19.1. The SMILES string of the molecule is CC[C@]1(C)C[C@@](CC[NH2+]Cc2ccccc2O)(c2ccc(F)cc2)CCO1. The van der Waals surface area contributed by atoms with E-state index in [1.54, 1.807) is 18.2 Å². The molecule has 0 bridgehead atoms. The summed E-state index contributed by atoms with van der Waals surface area (Å²) >= 11 is 0. The molecule has 1 saturated heterocycles. The summed E-state index contributed by atoms with van der Waals surface area (Å²) in [4.78, 5) is 0. The van der Waals surface area contributed by atoms with E-state index in [4.69, 9.17) is 4.74 Å². The zero-order chi connectivity index (χ0) is 19.3. The Morgan fingerprint density at radius 2 is 1.89 bits per heavy atom. The number of nitrogens with two attached hydrogens (primary N) is 1. The number of phenols is 1. The van der Waals surface area contributed by atoms with Crippen LogP contribution >= 0.6 is 0 Å². The topological polar surface area (TPSA) is 46.1 Å². The first-order chi connectivity index (χ1) is 13.0. The van der Waals surface area contributed by atoms with Crippen LogP contribution in [0.5, 0.6) is 5.75 Å². The summed E-state index contributed by atoms with van der Waals surface area (Å²) in [6.07, 6.45) is 3.88. The van der Waals surface area contributed by atoms with E-state index in [1.807, 2.05) is 30.3 Å². The minimum absolute atomic E-state index is 0.00590. The molecule has 1 aliphatic rings. The van der Waals surface area contributed by atoms with E-state index < -0.39 is 0 Å². The standard InChI is InChI=1S/C23H30FNO2/c1-3-22(2)17-23(13-15-27-22,19-8-10-20(24)11-9-19)12-14-25-16-18-6-4-5-7-21(18)26/h4-11,25-26H,3,12-17H2,1-2H3/p+1/t22-,23+/m1/s1. The van der Waals surface area contributed by atoms with Gasteiger partial charge in [-0.15, -0.1) is 0 Å². The second kappa shape index (κ2) is 8.41. The summed E-state index contributed by atoms with van der Waals surface area (Å²) in [6.45, 7) is 6.81. The van der Waals surface area contributed by atoms with Crippen LogP contribution in [0.2, 0.25) is 0 Å². The van der Waals surface area contributed by atoms with E-state index in [-0.39, 0.29) is 16.8 Å². The van der Waals surface area contributed by atoms with E-state index >= 15 is 0 Å². The van der Waals surface area contributed by atoms with E-state index in [0.717, 1.165) is 50.9 Å². The molecule has 3 rings (SSSR count). The lowest BCUT2D eigenvalue weighted by atomic mass is 9.66. The minimum atomic E-state index is -0.190. The van der Waals surface area contributed by atoms with Crippen molar-refractivity contribution in [3.05, 3.63) is 65.5 Å². The quantitative estimate of drug-likeness (QED) is 0.724. The highest BCUT2D eigenvalue weighted by molar-refractivity contribution is 5.31. The molecule has 0 aromatic heterocycles. The molecule has 4 heteroatoms. The Balaban J connectivity index is 1.72. The lowest BCUT2D eigenvalue weighted by Crippen LogP contribution is -2.83. The predicted molar refractivity (Wildman–Crippen MR) is 105 cm³/mol. The van der Waals surface area contributed by atoms with E-state index in [0.29, 0.717) is 5.75 Å². The molecule has 27 heavy (non-hydrogen) atoms. The van der Waals surface area contributed by atoms with Crippen LogP contribution in [0.3, 0.4) is 0 Å². The minimum Gasteiger partial charge on any atom is -0.507 e. The maximum atomic E-state index is 13.5.